The fourth-order valence-corrected chi connectivity index (χ4v) is 2.98. The van der Waals surface area contributed by atoms with Crippen LogP contribution in [0.1, 0.15) is 18.4 Å². The van der Waals surface area contributed by atoms with E-state index in [-0.39, 0.29) is 18.7 Å². The first-order valence-corrected chi connectivity index (χ1v) is 6.81. The van der Waals surface area contributed by atoms with Gasteiger partial charge in [0, 0.05) is 23.2 Å². The fourth-order valence-electron chi connectivity index (χ4n) is 2.45. The average molecular weight is 353 g/mol. The van der Waals surface area contributed by atoms with Gasteiger partial charge < -0.3 is 0 Å². The average Bonchev–Trinajstić information content (AvgIpc) is 2.75. The number of nitrogens with zero attached hydrogens (tertiary/aromatic N) is 2. The Bertz CT molecular complexity index is 522. The van der Waals surface area contributed by atoms with Crippen LogP contribution in [0.4, 0.5) is 18.9 Å². The van der Waals surface area contributed by atoms with E-state index in [4.69, 9.17) is 0 Å². The molecule has 0 aromatic heterocycles. The summed E-state index contributed by atoms with van der Waals surface area (Å²) in [6.07, 6.45) is -3.69. The standard InChI is InChI=1S/C12H12BrF3N2O2/c13-9-4-8(5-10(6-9)18(19)20)7-17-3-1-2-11(17)12(14,15)16/h4-6,11H,1-3,7H2/t11-/m0/s1. The Morgan fingerprint density at radius 2 is 2.10 bits per heavy atom. The molecule has 1 atom stereocenters. The summed E-state index contributed by atoms with van der Waals surface area (Å²) in [5.41, 5.74) is 0.374. The first-order valence-electron chi connectivity index (χ1n) is 6.02. The first kappa shape index (κ1) is 15.2. The van der Waals surface area contributed by atoms with Crippen LogP contribution in [0.5, 0.6) is 0 Å². The van der Waals surface area contributed by atoms with E-state index in [2.05, 4.69) is 15.9 Å². The quantitative estimate of drug-likeness (QED) is 0.612. The van der Waals surface area contributed by atoms with Crippen molar-refractivity contribution >= 4 is 21.6 Å². The van der Waals surface area contributed by atoms with Crippen LogP contribution < -0.4 is 0 Å². The number of nitro groups is 1. The predicted octanol–water partition coefficient (Wildman–Crippen LogP) is 3.88. The zero-order chi connectivity index (χ0) is 14.9. The molecule has 20 heavy (non-hydrogen) atoms. The summed E-state index contributed by atoms with van der Waals surface area (Å²) < 4.78 is 39.0. The molecule has 0 bridgehead atoms. The van der Waals surface area contributed by atoms with Crippen molar-refractivity contribution in [3.05, 3.63) is 38.3 Å². The van der Waals surface area contributed by atoms with Crippen LogP contribution >= 0.6 is 15.9 Å². The number of rotatable bonds is 3. The molecule has 0 N–H and O–H groups in total. The summed E-state index contributed by atoms with van der Waals surface area (Å²) >= 11 is 3.14. The summed E-state index contributed by atoms with van der Waals surface area (Å²) in [6.45, 7) is 0.412. The van der Waals surface area contributed by atoms with E-state index in [1.54, 1.807) is 6.07 Å². The molecule has 0 radical (unpaired) electrons. The topological polar surface area (TPSA) is 46.4 Å². The lowest BCUT2D eigenvalue weighted by Gasteiger charge is -2.26. The van der Waals surface area contributed by atoms with Crippen molar-refractivity contribution in [2.45, 2.75) is 31.6 Å². The molecule has 8 heteroatoms. The zero-order valence-corrected chi connectivity index (χ0v) is 11.9. The molecule has 4 nitrogen and oxygen atoms in total. The van der Waals surface area contributed by atoms with Crippen LogP contribution in [0, 0.1) is 10.1 Å². The Morgan fingerprint density at radius 1 is 1.40 bits per heavy atom. The number of hydrogen-bond acceptors (Lipinski definition) is 3. The summed E-state index contributed by atoms with van der Waals surface area (Å²) in [4.78, 5) is 11.5. The Hall–Kier alpha value is -1.15. The van der Waals surface area contributed by atoms with E-state index >= 15 is 0 Å². The predicted molar refractivity (Wildman–Crippen MR) is 70.3 cm³/mol. The number of halogens is 4. The molecular weight excluding hydrogens is 341 g/mol. The highest BCUT2D eigenvalue weighted by molar-refractivity contribution is 9.10. The maximum absolute atomic E-state index is 12.8. The van der Waals surface area contributed by atoms with Gasteiger partial charge in [-0.25, -0.2) is 0 Å². The van der Waals surface area contributed by atoms with Crippen LogP contribution in [-0.4, -0.2) is 28.6 Å². The first-order chi connectivity index (χ1) is 9.27. The number of hydrogen-bond donors (Lipinski definition) is 0. The minimum atomic E-state index is -4.26. The zero-order valence-electron chi connectivity index (χ0n) is 10.4. The van der Waals surface area contributed by atoms with Gasteiger partial charge in [-0.3, -0.25) is 15.0 Å². The van der Waals surface area contributed by atoms with Crippen molar-refractivity contribution < 1.29 is 18.1 Å². The normalized spacial score (nSPS) is 20.3. The van der Waals surface area contributed by atoms with Crippen LogP contribution in [0.15, 0.2) is 22.7 Å². The van der Waals surface area contributed by atoms with E-state index in [0.717, 1.165) is 0 Å². The maximum Gasteiger partial charge on any atom is 0.404 e. The van der Waals surface area contributed by atoms with Crippen molar-refractivity contribution in [2.24, 2.45) is 0 Å². The van der Waals surface area contributed by atoms with Gasteiger partial charge in [0.1, 0.15) is 6.04 Å². The number of alkyl halides is 3. The lowest BCUT2D eigenvalue weighted by molar-refractivity contribution is -0.385. The van der Waals surface area contributed by atoms with Gasteiger partial charge in [0.05, 0.1) is 4.92 Å². The number of likely N-dealkylation sites (tertiary alicyclic amines) is 1. The monoisotopic (exact) mass is 352 g/mol. The van der Waals surface area contributed by atoms with Gasteiger partial charge in [-0.15, -0.1) is 0 Å². The molecule has 1 saturated heterocycles. The van der Waals surface area contributed by atoms with E-state index in [0.29, 0.717) is 23.0 Å². The Balaban J connectivity index is 2.19. The maximum atomic E-state index is 12.8. The van der Waals surface area contributed by atoms with E-state index in [1.165, 1.54) is 17.0 Å². The Morgan fingerprint density at radius 3 is 2.70 bits per heavy atom. The molecule has 0 saturated carbocycles. The SMILES string of the molecule is O=[N+]([O-])c1cc(Br)cc(CN2CCC[C@H]2C(F)(F)F)c1. The molecule has 110 valence electrons. The lowest BCUT2D eigenvalue weighted by atomic mass is 10.1. The van der Waals surface area contributed by atoms with Gasteiger partial charge in [-0.05, 0) is 31.0 Å². The van der Waals surface area contributed by atoms with Crippen molar-refractivity contribution in [1.29, 1.82) is 0 Å². The minimum Gasteiger partial charge on any atom is -0.288 e. The molecule has 1 aliphatic heterocycles. The molecular formula is C12H12BrF3N2O2. The Labute approximate surface area is 121 Å². The number of nitro benzene ring substituents is 1. The smallest absolute Gasteiger partial charge is 0.288 e. The summed E-state index contributed by atoms with van der Waals surface area (Å²) in [5, 5.41) is 10.8. The van der Waals surface area contributed by atoms with Crippen molar-refractivity contribution in [1.82, 2.24) is 4.90 Å². The highest BCUT2D eigenvalue weighted by Crippen LogP contribution is 2.34. The molecule has 0 unspecified atom stereocenters. The third-order valence-corrected chi connectivity index (χ3v) is 3.74. The molecule has 0 amide bonds. The molecule has 1 fully saturated rings. The summed E-state index contributed by atoms with van der Waals surface area (Å²) in [5.74, 6) is 0. The molecule has 2 rings (SSSR count). The number of benzene rings is 1. The van der Waals surface area contributed by atoms with Crippen molar-refractivity contribution in [2.75, 3.05) is 6.54 Å². The van der Waals surface area contributed by atoms with E-state index in [9.17, 15) is 23.3 Å². The van der Waals surface area contributed by atoms with Gasteiger partial charge in [-0.2, -0.15) is 13.2 Å². The molecule has 1 aromatic rings. The second-order valence-corrected chi connectivity index (χ2v) is 5.66. The van der Waals surface area contributed by atoms with Crippen molar-refractivity contribution in [3.63, 3.8) is 0 Å². The van der Waals surface area contributed by atoms with Crippen molar-refractivity contribution in [3.8, 4) is 0 Å². The van der Waals surface area contributed by atoms with Gasteiger partial charge in [0.2, 0.25) is 0 Å². The van der Waals surface area contributed by atoms with Crippen LogP contribution in [0.25, 0.3) is 0 Å². The largest absolute Gasteiger partial charge is 0.404 e. The highest BCUT2D eigenvalue weighted by Gasteiger charge is 2.45. The molecule has 1 heterocycles. The third-order valence-electron chi connectivity index (χ3n) is 3.28. The molecule has 1 aliphatic rings. The molecule has 1 aromatic carbocycles. The second-order valence-electron chi connectivity index (χ2n) is 4.74. The van der Waals surface area contributed by atoms with E-state index < -0.39 is 17.1 Å². The summed E-state index contributed by atoms with van der Waals surface area (Å²) in [7, 11) is 0. The second kappa shape index (κ2) is 5.69. The van der Waals surface area contributed by atoms with Gasteiger partial charge in [0.15, 0.2) is 0 Å². The van der Waals surface area contributed by atoms with E-state index in [1.807, 2.05) is 0 Å². The Kier molecular flexibility index (Phi) is 4.33. The molecule has 0 aliphatic carbocycles. The molecule has 0 spiro atoms. The van der Waals surface area contributed by atoms with Gasteiger partial charge in [0.25, 0.3) is 5.69 Å². The fraction of sp³-hybridized carbons (Fsp3) is 0.500. The van der Waals surface area contributed by atoms with Crippen LogP contribution in [-0.2, 0) is 6.54 Å². The van der Waals surface area contributed by atoms with Crippen LogP contribution in [0.2, 0.25) is 0 Å². The third kappa shape index (κ3) is 3.49. The van der Waals surface area contributed by atoms with Crippen LogP contribution in [0.3, 0.4) is 0 Å². The summed E-state index contributed by atoms with van der Waals surface area (Å²) in [6, 6.07) is 2.80. The lowest BCUT2D eigenvalue weighted by Crippen LogP contribution is -2.40. The highest BCUT2D eigenvalue weighted by atomic mass is 79.9. The van der Waals surface area contributed by atoms with Gasteiger partial charge in [-0.1, -0.05) is 15.9 Å². The number of non-ortho nitro benzene ring substituents is 1. The minimum absolute atomic E-state index is 0.0600. The van der Waals surface area contributed by atoms with Gasteiger partial charge >= 0.3 is 6.18 Å².